The molecular weight excluding hydrogens is 367 g/mol. The molecule has 0 aliphatic rings. The fraction of sp³-hybridized carbons (Fsp3) is 0.118. The summed E-state index contributed by atoms with van der Waals surface area (Å²) in [6.45, 7) is 0.280. The zero-order valence-electron chi connectivity index (χ0n) is 13.4. The minimum absolute atomic E-state index is 0.141. The lowest BCUT2D eigenvalue weighted by Crippen LogP contribution is -2.25. The average molecular weight is 381 g/mol. The third-order valence-corrected chi connectivity index (χ3v) is 5.17. The Bertz CT molecular complexity index is 1020. The zero-order chi connectivity index (χ0) is 18.7. The van der Waals surface area contributed by atoms with E-state index < -0.39 is 32.4 Å². The van der Waals surface area contributed by atoms with Crippen LogP contribution in [-0.2, 0) is 23.1 Å². The van der Waals surface area contributed by atoms with Gasteiger partial charge < -0.3 is 0 Å². The number of halogens is 3. The fourth-order valence-corrected chi connectivity index (χ4v) is 3.49. The summed E-state index contributed by atoms with van der Waals surface area (Å²) < 4.78 is 68.5. The second-order valence-electron chi connectivity index (χ2n) is 5.47. The maximum atomic E-state index is 13.8. The molecule has 0 amide bonds. The van der Waals surface area contributed by atoms with Gasteiger partial charge in [-0.3, -0.25) is 4.68 Å². The molecule has 5 nitrogen and oxygen atoms in total. The van der Waals surface area contributed by atoms with E-state index in [1.807, 2.05) is 6.07 Å². The molecule has 1 aromatic heterocycles. The van der Waals surface area contributed by atoms with E-state index in [-0.39, 0.29) is 6.54 Å². The summed E-state index contributed by atoms with van der Waals surface area (Å²) in [6, 6.07) is 10.1. The first-order valence-corrected chi connectivity index (χ1v) is 9.04. The predicted octanol–water partition coefficient (Wildman–Crippen LogP) is 2.83. The Labute approximate surface area is 148 Å². The lowest BCUT2D eigenvalue weighted by atomic mass is 10.1. The summed E-state index contributed by atoms with van der Waals surface area (Å²) in [7, 11) is -4.36. The molecule has 136 valence electrons. The van der Waals surface area contributed by atoms with Crippen molar-refractivity contribution in [1.29, 1.82) is 0 Å². The molecular formula is C17H14F3N3O2S. The van der Waals surface area contributed by atoms with Gasteiger partial charge in [-0.1, -0.05) is 24.3 Å². The van der Waals surface area contributed by atoms with Gasteiger partial charge in [-0.05, 0) is 29.3 Å². The number of aromatic nitrogens is 2. The summed E-state index contributed by atoms with van der Waals surface area (Å²) in [5.41, 5.74) is 1.46. The van der Waals surface area contributed by atoms with E-state index >= 15 is 0 Å². The van der Waals surface area contributed by atoms with E-state index in [4.69, 9.17) is 0 Å². The number of sulfonamides is 1. The first-order chi connectivity index (χ1) is 12.4. The van der Waals surface area contributed by atoms with Crippen LogP contribution in [0.4, 0.5) is 13.2 Å². The minimum atomic E-state index is -4.36. The van der Waals surface area contributed by atoms with Crippen LogP contribution in [0.3, 0.4) is 0 Å². The van der Waals surface area contributed by atoms with Gasteiger partial charge in [-0.2, -0.15) is 5.10 Å². The quantitative estimate of drug-likeness (QED) is 0.668. The molecule has 0 spiro atoms. The third kappa shape index (κ3) is 3.78. The Morgan fingerprint density at radius 1 is 0.962 bits per heavy atom. The van der Waals surface area contributed by atoms with Crippen LogP contribution in [0.25, 0.3) is 0 Å². The summed E-state index contributed by atoms with van der Waals surface area (Å²) >= 11 is 0. The molecule has 0 bridgehead atoms. The Morgan fingerprint density at radius 2 is 1.69 bits per heavy atom. The van der Waals surface area contributed by atoms with Gasteiger partial charge in [0, 0.05) is 18.9 Å². The molecule has 0 saturated carbocycles. The molecule has 0 atom stereocenters. The number of nitrogens with zero attached hydrogens (tertiary/aromatic N) is 2. The maximum Gasteiger partial charge on any atom is 0.243 e. The molecule has 9 heteroatoms. The van der Waals surface area contributed by atoms with Gasteiger partial charge in [0.15, 0.2) is 17.5 Å². The molecule has 0 saturated heterocycles. The number of rotatable bonds is 6. The topological polar surface area (TPSA) is 64.0 Å². The Morgan fingerprint density at radius 3 is 2.38 bits per heavy atom. The molecule has 0 aliphatic heterocycles. The van der Waals surface area contributed by atoms with Crippen molar-refractivity contribution in [3.63, 3.8) is 0 Å². The van der Waals surface area contributed by atoms with Crippen molar-refractivity contribution in [2.75, 3.05) is 0 Å². The van der Waals surface area contributed by atoms with Crippen molar-refractivity contribution in [1.82, 2.24) is 14.5 Å². The van der Waals surface area contributed by atoms with Crippen LogP contribution in [0.15, 0.2) is 59.8 Å². The highest BCUT2D eigenvalue weighted by molar-refractivity contribution is 7.89. The highest BCUT2D eigenvalue weighted by Gasteiger charge is 2.24. The molecule has 0 radical (unpaired) electrons. The van der Waals surface area contributed by atoms with Gasteiger partial charge in [-0.25, -0.2) is 26.3 Å². The smallest absolute Gasteiger partial charge is 0.243 e. The van der Waals surface area contributed by atoms with Crippen LogP contribution in [0.2, 0.25) is 0 Å². The first kappa shape index (κ1) is 18.2. The molecule has 0 aliphatic carbocycles. The minimum Gasteiger partial charge on any atom is -0.268 e. The van der Waals surface area contributed by atoms with E-state index in [0.717, 1.165) is 5.56 Å². The number of benzene rings is 2. The van der Waals surface area contributed by atoms with Crippen LogP contribution in [0.1, 0.15) is 11.1 Å². The summed E-state index contributed by atoms with van der Waals surface area (Å²) in [5, 5.41) is 4.09. The average Bonchev–Trinajstić information content (AvgIpc) is 3.12. The van der Waals surface area contributed by atoms with Gasteiger partial charge in [0.25, 0.3) is 0 Å². The number of hydrogen-bond acceptors (Lipinski definition) is 3. The number of hydrogen-bond donors (Lipinski definition) is 1. The van der Waals surface area contributed by atoms with Crippen LogP contribution in [0, 0.1) is 17.5 Å². The van der Waals surface area contributed by atoms with Crippen molar-refractivity contribution < 1.29 is 21.6 Å². The first-order valence-electron chi connectivity index (χ1n) is 7.56. The van der Waals surface area contributed by atoms with Crippen LogP contribution in [-0.4, -0.2) is 18.2 Å². The molecule has 2 aromatic carbocycles. The van der Waals surface area contributed by atoms with Crippen LogP contribution < -0.4 is 4.72 Å². The normalized spacial score (nSPS) is 11.7. The predicted molar refractivity (Wildman–Crippen MR) is 88.1 cm³/mol. The molecule has 3 aromatic rings. The largest absolute Gasteiger partial charge is 0.268 e. The van der Waals surface area contributed by atoms with E-state index in [9.17, 15) is 21.6 Å². The van der Waals surface area contributed by atoms with Crippen molar-refractivity contribution in [3.8, 4) is 0 Å². The van der Waals surface area contributed by atoms with E-state index in [1.54, 1.807) is 41.3 Å². The van der Waals surface area contributed by atoms with Gasteiger partial charge in [-0.15, -0.1) is 0 Å². The highest BCUT2D eigenvalue weighted by atomic mass is 32.2. The molecule has 0 fully saturated rings. The summed E-state index contributed by atoms with van der Waals surface area (Å²) in [4.78, 5) is -0.944. The lowest BCUT2D eigenvalue weighted by Gasteiger charge is -2.12. The van der Waals surface area contributed by atoms with Crippen molar-refractivity contribution in [3.05, 3.63) is 83.4 Å². The van der Waals surface area contributed by atoms with Crippen molar-refractivity contribution >= 4 is 10.0 Å². The van der Waals surface area contributed by atoms with E-state index in [0.29, 0.717) is 24.2 Å². The lowest BCUT2D eigenvalue weighted by molar-refractivity contribution is 0.431. The third-order valence-electron chi connectivity index (χ3n) is 3.75. The molecule has 0 unspecified atom stereocenters. The van der Waals surface area contributed by atoms with Gasteiger partial charge in [0.2, 0.25) is 10.0 Å². The second-order valence-corrected chi connectivity index (χ2v) is 7.21. The fourth-order valence-electron chi connectivity index (χ4n) is 2.42. The van der Waals surface area contributed by atoms with E-state index in [2.05, 4.69) is 9.82 Å². The Kier molecular flexibility index (Phi) is 5.10. The zero-order valence-corrected chi connectivity index (χ0v) is 14.2. The maximum absolute atomic E-state index is 13.8. The SMILES string of the molecule is O=S(=O)(NCc1ccccc1Cn1cccn1)c1ccc(F)c(F)c1F. The van der Waals surface area contributed by atoms with Gasteiger partial charge in [0.1, 0.15) is 4.90 Å². The van der Waals surface area contributed by atoms with E-state index in [1.165, 1.54) is 0 Å². The Balaban J connectivity index is 1.82. The molecule has 3 rings (SSSR count). The second kappa shape index (κ2) is 7.30. The standard InChI is InChI=1S/C17H14F3N3O2S/c18-14-6-7-15(17(20)16(14)19)26(24,25)22-10-12-4-1-2-5-13(12)11-23-9-3-8-21-23/h1-9,22H,10-11H2. The van der Waals surface area contributed by atoms with Gasteiger partial charge in [0.05, 0.1) is 6.54 Å². The van der Waals surface area contributed by atoms with Crippen molar-refractivity contribution in [2.24, 2.45) is 0 Å². The van der Waals surface area contributed by atoms with Gasteiger partial charge >= 0.3 is 0 Å². The monoisotopic (exact) mass is 381 g/mol. The summed E-state index contributed by atoms with van der Waals surface area (Å²) in [6.07, 6.45) is 3.38. The van der Waals surface area contributed by atoms with Crippen LogP contribution in [0.5, 0.6) is 0 Å². The summed E-state index contributed by atoms with van der Waals surface area (Å²) in [5.74, 6) is -5.03. The highest BCUT2D eigenvalue weighted by Crippen LogP contribution is 2.20. The Hall–Kier alpha value is -2.65. The van der Waals surface area contributed by atoms with Crippen LogP contribution >= 0.6 is 0 Å². The molecule has 26 heavy (non-hydrogen) atoms. The number of nitrogens with one attached hydrogen (secondary N) is 1. The molecule has 1 N–H and O–H groups in total. The van der Waals surface area contributed by atoms with Crippen molar-refractivity contribution in [2.45, 2.75) is 18.0 Å². The molecule has 1 heterocycles.